The van der Waals surface area contributed by atoms with E-state index >= 15 is 0 Å². The van der Waals surface area contributed by atoms with Gasteiger partial charge < -0.3 is 14.5 Å². The molecule has 0 radical (unpaired) electrons. The van der Waals surface area contributed by atoms with Crippen LogP contribution in [0.1, 0.15) is 29.9 Å². The predicted molar refractivity (Wildman–Crippen MR) is 94.2 cm³/mol. The van der Waals surface area contributed by atoms with Gasteiger partial charge in [-0.3, -0.25) is 4.79 Å². The highest BCUT2D eigenvalue weighted by molar-refractivity contribution is 5.79. The minimum absolute atomic E-state index is 0.0190. The highest BCUT2D eigenvalue weighted by Gasteiger charge is 2.15. The molecular weight excluding hydrogens is 302 g/mol. The second-order valence-corrected chi connectivity index (χ2v) is 5.96. The molecule has 0 bridgehead atoms. The first-order valence-electron chi connectivity index (χ1n) is 8.01. The van der Waals surface area contributed by atoms with Crippen molar-refractivity contribution in [1.29, 1.82) is 0 Å². The number of benzene rings is 2. The van der Waals surface area contributed by atoms with Crippen molar-refractivity contribution < 1.29 is 13.9 Å². The molecule has 2 aromatic carbocycles. The van der Waals surface area contributed by atoms with Gasteiger partial charge in [0.15, 0.2) is 6.61 Å². The average Bonchev–Trinajstić information content (AvgIpc) is 3.00. The first-order valence-corrected chi connectivity index (χ1v) is 8.01. The summed E-state index contributed by atoms with van der Waals surface area (Å²) in [6.45, 7) is 5.88. The number of ether oxygens (including phenoxy) is 1. The van der Waals surface area contributed by atoms with Crippen molar-refractivity contribution in [3.8, 4) is 5.75 Å². The second-order valence-electron chi connectivity index (χ2n) is 5.96. The van der Waals surface area contributed by atoms with E-state index in [4.69, 9.17) is 9.15 Å². The molecule has 3 aromatic rings. The summed E-state index contributed by atoms with van der Waals surface area (Å²) in [5.74, 6) is 1.29. The van der Waals surface area contributed by atoms with Crippen LogP contribution in [0.5, 0.6) is 5.75 Å². The van der Waals surface area contributed by atoms with E-state index in [9.17, 15) is 4.79 Å². The molecule has 1 N–H and O–H groups in total. The molecule has 124 valence electrons. The smallest absolute Gasteiger partial charge is 0.258 e. The van der Waals surface area contributed by atoms with Crippen molar-refractivity contribution in [2.45, 2.75) is 26.8 Å². The van der Waals surface area contributed by atoms with E-state index in [0.29, 0.717) is 0 Å². The number of fused-ring (bicyclic) bond motifs is 1. The third-order valence-corrected chi connectivity index (χ3v) is 4.16. The fourth-order valence-electron chi connectivity index (χ4n) is 2.59. The minimum atomic E-state index is -0.216. The van der Waals surface area contributed by atoms with Gasteiger partial charge in [-0.1, -0.05) is 30.3 Å². The summed E-state index contributed by atoms with van der Waals surface area (Å²) in [6.07, 6.45) is 0. The maximum Gasteiger partial charge on any atom is 0.258 e. The second kappa shape index (κ2) is 6.79. The number of carbonyl (C=O) groups is 1. The lowest BCUT2D eigenvalue weighted by Crippen LogP contribution is -2.31. The molecule has 0 saturated heterocycles. The van der Waals surface area contributed by atoms with E-state index < -0.39 is 0 Å². The minimum Gasteiger partial charge on any atom is -0.483 e. The zero-order chi connectivity index (χ0) is 17.1. The van der Waals surface area contributed by atoms with Crippen LogP contribution in [0.3, 0.4) is 0 Å². The lowest BCUT2D eigenvalue weighted by atomic mass is 10.1. The van der Waals surface area contributed by atoms with Crippen molar-refractivity contribution in [2.24, 2.45) is 0 Å². The monoisotopic (exact) mass is 323 g/mol. The van der Waals surface area contributed by atoms with Crippen LogP contribution in [0, 0.1) is 13.8 Å². The topological polar surface area (TPSA) is 51.5 Å². The summed E-state index contributed by atoms with van der Waals surface area (Å²) in [6, 6.07) is 15.3. The van der Waals surface area contributed by atoms with Gasteiger partial charge in [0.05, 0.1) is 6.04 Å². The van der Waals surface area contributed by atoms with Gasteiger partial charge in [0.1, 0.15) is 17.1 Å². The zero-order valence-corrected chi connectivity index (χ0v) is 14.1. The molecule has 4 nitrogen and oxygen atoms in total. The number of hydrogen-bond donors (Lipinski definition) is 1. The van der Waals surface area contributed by atoms with Gasteiger partial charge in [0, 0.05) is 5.39 Å². The van der Waals surface area contributed by atoms with E-state index in [-0.39, 0.29) is 18.6 Å². The SMILES string of the molecule is Cc1cccc(OCC(=O)N[C@@H](C)c2cc3ccccc3o2)c1C. The molecule has 0 spiro atoms. The predicted octanol–water partition coefficient (Wildman–Crippen LogP) is 4.31. The molecule has 0 fully saturated rings. The fraction of sp³-hybridized carbons (Fsp3) is 0.250. The van der Waals surface area contributed by atoms with Crippen molar-refractivity contribution in [3.63, 3.8) is 0 Å². The van der Waals surface area contributed by atoms with Crippen LogP contribution in [0.4, 0.5) is 0 Å². The lowest BCUT2D eigenvalue weighted by Gasteiger charge is -2.13. The number of carbonyl (C=O) groups excluding carboxylic acids is 1. The highest BCUT2D eigenvalue weighted by atomic mass is 16.5. The Morgan fingerprint density at radius 1 is 1.17 bits per heavy atom. The van der Waals surface area contributed by atoms with E-state index in [1.54, 1.807) is 0 Å². The Morgan fingerprint density at radius 2 is 1.96 bits per heavy atom. The summed E-state index contributed by atoms with van der Waals surface area (Å²) in [4.78, 5) is 12.1. The number of hydrogen-bond acceptors (Lipinski definition) is 3. The largest absolute Gasteiger partial charge is 0.483 e. The molecule has 0 unspecified atom stereocenters. The van der Waals surface area contributed by atoms with Crippen molar-refractivity contribution in [3.05, 3.63) is 65.4 Å². The quantitative estimate of drug-likeness (QED) is 0.761. The van der Waals surface area contributed by atoms with Crippen LogP contribution < -0.4 is 10.1 Å². The van der Waals surface area contributed by atoms with Gasteiger partial charge in [-0.05, 0) is 50.1 Å². The van der Waals surface area contributed by atoms with Gasteiger partial charge in [0.25, 0.3) is 5.91 Å². The number of rotatable bonds is 5. The lowest BCUT2D eigenvalue weighted by molar-refractivity contribution is -0.123. The standard InChI is InChI=1S/C20H21NO3/c1-13-7-6-10-17(14(13)2)23-12-20(22)21-15(3)19-11-16-8-4-5-9-18(16)24-19/h4-11,15H,12H2,1-3H3,(H,21,22)/t15-/m0/s1. The average molecular weight is 323 g/mol. The summed E-state index contributed by atoms with van der Waals surface area (Å²) < 4.78 is 11.4. The van der Waals surface area contributed by atoms with Crippen LogP contribution in [0.15, 0.2) is 52.9 Å². The van der Waals surface area contributed by atoms with Crippen LogP contribution in [0.25, 0.3) is 11.0 Å². The summed E-state index contributed by atoms with van der Waals surface area (Å²) in [7, 11) is 0. The Kier molecular flexibility index (Phi) is 4.56. The van der Waals surface area contributed by atoms with Crippen molar-refractivity contribution in [2.75, 3.05) is 6.61 Å². The maximum absolute atomic E-state index is 12.1. The number of aryl methyl sites for hydroxylation is 1. The fourth-order valence-corrected chi connectivity index (χ4v) is 2.59. The number of para-hydroxylation sites is 1. The molecule has 1 aromatic heterocycles. The normalized spacial score (nSPS) is 12.1. The van der Waals surface area contributed by atoms with E-state index in [1.807, 2.05) is 69.3 Å². The van der Waals surface area contributed by atoms with Crippen LogP contribution in [0.2, 0.25) is 0 Å². The van der Waals surface area contributed by atoms with Crippen LogP contribution >= 0.6 is 0 Å². The van der Waals surface area contributed by atoms with Gasteiger partial charge >= 0.3 is 0 Å². The molecule has 24 heavy (non-hydrogen) atoms. The van der Waals surface area contributed by atoms with E-state index in [1.165, 1.54) is 0 Å². The van der Waals surface area contributed by atoms with Gasteiger partial charge in [-0.25, -0.2) is 0 Å². The Hall–Kier alpha value is -2.75. The molecule has 1 amide bonds. The Morgan fingerprint density at radius 3 is 2.75 bits per heavy atom. The molecular formula is C20H21NO3. The number of nitrogens with one attached hydrogen (secondary N) is 1. The molecule has 0 aliphatic rings. The molecule has 1 heterocycles. The zero-order valence-electron chi connectivity index (χ0n) is 14.1. The summed E-state index contributed by atoms with van der Waals surface area (Å²) in [5.41, 5.74) is 3.01. The highest BCUT2D eigenvalue weighted by Crippen LogP contribution is 2.24. The Bertz CT molecular complexity index is 833. The van der Waals surface area contributed by atoms with Gasteiger partial charge in [-0.15, -0.1) is 0 Å². The molecule has 1 atom stereocenters. The van der Waals surface area contributed by atoms with Gasteiger partial charge in [0.2, 0.25) is 0 Å². The Labute approximate surface area is 141 Å². The maximum atomic E-state index is 12.1. The Balaban J connectivity index is 1.60. The molecule has 3 rings (SSSR count). The summed E-state index contributed by atoms with van der Waals surface area (Å²) >= 11 is 0. The summed E-state index contributed by atoms with van der Waals surface area (Å²) in [5, 5.41) is 3.93. The van der Waals surface area contributed by atoms with E-state index in [0.717, 1.165) is 33.6 Å². The first kappa shape index (κ1) is 16.1. The molecule has 4 heteroatoms. The number of amides is 1. The van der Waals surface area contributed by atoms with E-state index in [2.05, 4.69) is 5.32 Å². The first-order chi connectivity index (χ1) is 11.5. The molecule has 0 saturated carbocycles. The van der Waals surface area contributed by atoms with Gasteiger partial charge in [-0.2, -0.15) is 0 Å². The van der Waals surface area contributed by atoms with Crippen molar-refractivity contribution >= 4 is 16.9 Å². The van der Waals surface area contributed by atoms with Crippen LogP contribution in [-0.2, 0) is 4.79 Å². The molecule has 0 aliphatic carbocycles. The third kappa shape index (κ3) is 3.43. The van der Waals surface area contributed by atoms with Crippen LogP contribution in [-0.4, -0.2) is 12.5 Å². The number of furan rings is 1. The third-order valence-electron chi connectivity index (χ3n) is 4.16. The van der Waals surface area contributed by atoms with Crippen molar-refractivity contribution in [1.82, 2.24) is 5.32 Å². The molecule has 0 aliphatic heterocycles.